The molecule has 64 heavy (non-hydrogen) atoms. The summed E-state index contributed by atoms with van der Waals surface area (Å²) in [5.41, 5.74) is 8.35. The monoisotopic (exact) mass is 1150 g/mol. The average molecular weight is 1160 g/mol. The summed E-state index contributed by atoms with van der Waals surface area (Å²) in [6, 6.07) is 22.9. The lowest BCUT2D eigenvalue weighted by atomic mass is 9.80. The van der Waals surface area contributed by atoms with Crippen molar-refractivity contribution in [2.24, 2.45) is 0 Å². The number of benzene rings is 6. The summed E-state index contributed by atoms with van der Waals surface area (Å²) >= 11 is 15.6. The maximum absolute atomic E-state index is 15.6. The van der Waals surface area contributed by atoms with Gasteiger partial charge in [0.1, 0.15) is 40.9 Å². The van der Waals surface area contributed by atoms with Crippen LogP contribution in [0.15, 0.2) is 90.7 Å². The van der Waals surface area contributed by atoms with E-state index in [4.69, 9.17) is 37.0 Å². The molecule has 0 spiro atoms. The summed E-state index contributed by atoms with van der Waals surface area (Å²) in [4.78, 5) is 0. The van der Waals surface area contributed by atoms with Crippen LogP contribution >= 0.6 is 78.9 Å². The van der Waals surface area contributed by atoms with Gasteiger partial charge in [-0.3, -0.25) is 0 Å². The number of hydrogen-bond acceptors (Lipinski definition) is 10. The van der Waals surface area contributed by atoms with Crippen LogP contribution in [0.1, 0.15) is 107 Å². The zero-order valence-electron chi connectivity index (χ0n) is 35.1. The molecule has 16 heteroatoms. The van der Waals surface area contributed by atoms with Gasteiger partial charge in [0.15, 0.2) is 23.0 Å². The summed E-state index contributed by atoms with van der Waals surface area (Å²) in [5, 5.41) is 0.741. The van der Waals surface area contributed by atoms with Gasteiger partial charge >= 0.3 is 15.2 Å². The molecule has 6 aromatic carbocycles. The molecule has 8 bridgehead atoms. The molecule has 0 saturated carbocycles. The molecule has 0 unspecified atom stereocenters. The van der Waals surface area contributed by atoms with Crippen LogP contribution in [0.2, 0.25) is 0 Å². The Morgan fingerprint density at radius 1 is 0.391 bits per heavy atom. The first-order chi connectivity index (χ1) is 30.6. The molecule has 6 aromatic rings. The Hall–Kier alpha value is -3.90. The fraction of sp³-hybridized carbons (Fsp3) is 0.250. The lowest BCUT2D eigenvalue weighted by molar-refractivity contribution is 0.112. The molecule has 11 rings (SSSR count). The van der Waals surface area contributed by atoms with E-state index in [1.807, 2.05) is 38.1 Å². The number of aryl methyl sites for hydroxylation is 2. The predicted molar refractivity (Wildman–Crippen MR) is 258 cm³/mol. The van der Waals surface area contributed by atoms with Crippen LogP contribution in [0.4, 0.5) is 0 Å². The summed E-state index contributed by atoms with van der Waals surface area (Å²) in [5.74, 6) is 1.71. The topological polar surface area (TPSA) is 108 Å². The fourth-order valence-electron chi connectivity index (χ4n) is 9.30. The van der Waals surface area contributed by atoms with Crippen LogP contribution in [-0.2, 0) is 9.13 Å². The predicted octanol–water partition coefficient (Wildman–Crippen LogP) is 14.3. The van der Waals surface area contributed by atoms with E-state index >= 15 is 9.13 Å². The third-order valence-electron chi connectivity index (χ3n) is 13.0. The minimum Gasteiger partial charge on any atom is -0.456 e. The highest BCUT2D eigenvalue weighted by atomic mass is 79.9. The lowest BCUT2D eigenvalue weighted by Gasteiger charge is -2.36. The normalized spacial score (nSPS) is 24.3. The molecular formula is C48H38Br4O10P2. The largest absolute Gasteiger partial charge is 0.462 e. The minimum absolute atomic E-state index is 0.216. The van der Waals surface area contributed by atoms with Crippen LogP contribution in [0.3, 0.4) is 0 Å². The van der Waals surface area contributed by atoms with Crippen molar-refractivity contribution in [1.82, 2.24) is 0 Å². The van der Waals surface area contributed by atoms with Crippen molar-refractivity contribution in [2.75, 3.05) is 13.6 Å². The number of ether oxygens (including phenoxy) is 4. The van der Waals surface area contributed by atoms with Gasteiger partial charge in [-0.1, -0.05) is 63.1 Å². The van der Waals surface area contributed by atoms with Crippen molar-refractivity contribution in [3.63, 3.8) is 0 Å². The van der Waals surface area contributed by atoms with Crippen molar-refractivity contribution < 1.29 is 46.2 Å². The van der Waals surface area contributed by atoms with E-state index in [2.05, 4.69) is 116 Å². The van der Waals surface area contributed by atoms with E-state index in [9.17, 15) is 0 Å². The Morgan fingerprint density at radius 2 is 0.609 bits per heavy atom. The van der Waals surface area contributed by atoms with E-state index in [-0.39, 0.29) is 37.3 Å². The van der Waals surface area contributed by atoms with E-state index in [0.717, 1.165) is 55.6 Å². The Bertz CT molecular complexity index is 2760. The highest BCUT2D eigenvalue weighted by Crippen LogP contribution is 2.65. The average Bonchev–Trinajstić information content (AvgIpc) is 3.26. The fourth-order valence-corrected chi connectivity index (χ4v) is 15.7. The standard InChI is InChI=1S/C48H38Br4O10P2/c1-21-7-11-27(12-8-21)63(53)59-45-33-15-29-23(3)31-17-35-26(6)36-18-32-24(4)30-16-34(25(33)5)46(60-63)38(50)42(30)56-20-58-44(32)40(52)48(36)62-64(54,28-13-9-22(2)10-14-28)61-47(35)39(51)43(31)57-19-55-41(29)37(45)49/h7-18,23-26H,19-20H2,1-6H3. The SMILES string of the molecule is Cc1ccc(P2(=O)Oc3c4cc5c(c3Br)OCOc3c(cc6c(c3Br)OP(=O)(c3ccc(C)cc3)Oc3c(cc7c(c3Br)OCOc3c(cc(c(c3Br)O2)C4C)C7C)C6C)C5C)cc1. The van der Waals surface area contributed by atoms with Crippen LogP contribution in [0.25, 0.3) is 0 Å². The number of halogens is 4. The second-order valence-corrected chi connectivity index (χ2v) is 23.8. The second kappa shape index (κ2) is 15.3. The first-order valence-corrected chi connectivity index (χ1v) is 26.9. The van der Waals surface area contributed by atoms with Crippen molar-refractivity contribution >= 4 is 89.5 Å². The zero-order valence-corrected chi connectivity index (χ0v) is 43.3. The molecule has 0 aromatic heterocycles. The Morgan fingerprint density at radius 3 is 0.844 bits per heavy atom. The van der Waals surface area contributed by atoms with Gasteiger partial charge < -0.3 is 37.0 Å². The minimum atomic E-state index is -4.21. The summed E-state index contributed by atoms with van der Waals surface area (Å²) in [6.07, 6.45) is 0. The van der Waals surface area contributed by atoms with Gasteiger partial charge in [0.25, 0.3) is 0 Å². The molecule has 0 atom stereocenters. The molecule has 10 nitrogen and oxygen atoms in total. The maximum Gasteiger partial charge on any atom is 0.462 e. The van der Waals surface area contributed by atoms with Gasteiger partial charge in [-0.15, -0.1) is 0 Å². The molecule has 4 heterocycles. The molecule has 0 saturated heterocycles. The summed E-state index contributed by atoms with van der Waals surface area (Å²) in [6.45, 7) is 11.8. The van der Waals surface area contributed by atoms with Crippen molar-refractivity contribution in [3.05, 3.63) is 146 Å². The molecule has 0 amide bonds. The van der Waals surface area contributed by atoms with Gasteiger partial charge in [0.05, 0.1) is 10.6 Å². The van der Waals surface area contributed by atoms with E-state index in [0.29, 0.717) is 74.5 Å². The quantitative estimate of drug-likeness (QED) is 0.156. The molecule has 328 valence electrons. The molecule has 4 aliphatic heterocycles. The molecule has 1 aliphatic carbocycles. The Kier molecular flexibility index (Phi) is 10.2. The first-order valence-electron chi connectivity index (χ1n) is 20.7. The Balaban J connectivity index is 1.27. The van der Waals surface area contributed by atoms with Gasteiger partial charge in [-0.2, -0.15) is 0 Å². The zero-order chi connectivity index (χ0) is 44.7. The van der Waals surface area contributed by atoms with Crippen molar-refractivity contribution in [1.29, 1.82) is 0 Å². The molecule has 5 aliphatic rings. The first kappa shape index (κ1) is 42.7. The highest BCUT2D eigenvalue weighted by molar-refractivity contribution is 9.11. The third-order valence-corrected chi connectivity index (χ3v) is 19.5. The lowest BCUT2D eigenvalue weighted by Crippen LogP contribution is -2.23. The molecular weight excluding hydrogens is 1120 g/mol. The van der Waals surface area contributed by atoms with E-state index in [1.165, 1.54) is 0 Å². The Labute approximate surface area is 403 Å². The highest BCUT2D eigenvalue weighted by Gasteiger charge is 2.45. The van der Waals surface area contributed by atoms with Crippen molar-refractivity contribution in [3.8, 4) is 46.0 Å². The van der Waals surface area contributed by atoms with Crippen LogP contribution in [0.5, 0.6) is 46.0 Å². The molecule has 0 radical (unpaired) electrons. The van der Waals surface area contributed by atoms with Crippen LogP contribution in [-0.4, -0.2) is 13.6 Å². The summed E-state index contributed by atoms with van der Waals surface area (Å²) < 4.78 is 86.2. The third kappa shape index (κ3) is 6.40. The van der Waals surface area contributed by atoms with Gasteiger partial charge in [-0.25, -0.2) is 9.13 Å². The number of hydrogen-bond donors (Lipinski definition) is 0. The number of rotatable bonds is 2. The van der Waals surface area contributed by atoms with E-state index in [1.54, 1.807) is 24.3 Å². The van der Waals surface area contributed by atoms with Crippen molar-refractivity contribution in [2.45, 2.75) is 65.2 Å². The summed E-state index contributed by atoms with van der Waals surface area (Å²) in [7, 11) is -8.42. The van der Waals surface area contributed by atoms with Gasteiger partial charge in [0, 0.05) is 68.2 Å². The van der Waals surface area contributed by atoms with Crippen LogP contribution in [0, 0.1) is 13.8 Å². The second-order valence-electron chi connectivity index (χ2n) is 16.8. The van der Waals surface area contributed by atoms with Crippen LogP contribution < -0.4 is 47.7 Å². The molecule has 0 N–H and O–H groups in total. The van der Waals surface area contributed by atoms with E-state index < -0.39 is 15.2 Å². The van der Waals surface area contributed by atoms with Gasteiger partial charge in [0.2, 0.25) is 13.6 Å². The smallest absolute Gasteiger partial charge is 0.456 e. The maximum atomic E-state index is 15.6. The van der Waals surface area contributed by atoms with Gasteiger partial charge in [-0.05, 0) is 126 Å². The molecule has 0 fully saturated rings.